The zero-order valence-corrected chi connectivity index (χ0v) is 13.1. The van der Waals surface area contributed by atoms with Gasteiger partial charge in [-0.2, -0.15) is 0 Å². The van der Waals surface area contributed by atoms with Crippen LogP contribution in [0.4, 0.5) is 10.1 Å². The number of carbonyl (C=O) groups is 1. The molecule has 2 aromatic rings. The lowest BCUT2D eigenvalue weighted by atomic mass is 10.3. The van der Waals surface area contributed by atoms with Crippen LogP contribution in [0.1, 0.15) is 10.7 Å². The summed E-state index contributed by atoms with van der Waals surface area (Å²) in [5.41, 5.74) is 0.409. The Balaban J connectivity index is 1.91. The predicted octanol–water partition coefficient (Wildman–Crippen LogP) is 3.34. The van der Waals surface area contributed by atoms with E-state index in [1.165, 1.54) is 23.1 Å². The Morgan fingerprint density at radius 3 is 2.95 bits per heavy atom. The fraction of sp³-hybridized carbons (Fsp3) is 0.231. The van der Waals surface area contributed by atoms with Gasteiger partial charge in [-0.05, 0) is 13.0 Å². The number of nitrogens with zero attached hydrogens (tertiary/aromatic N) is 2. The van der Waals surface area contributed by atoms with Gasteiger partial charge in [0.15, 0.2) is 0 Å². The van der Waals surface area contributed by atoms with Crippen LogP contribution in [-0.2, 0) is 10.5 Å². The maximum Gasteiger partial charge on any atom is 0.321 e. The highest BCUT2D eigenvalue weighted by Gasteiger charge is 2.19. The van der Waals surface area contributed by atoms with Crippen LogP contribution in [0, 0.1) is 22.9 Å². The number of benzene rings is 1. The fourth-order valence-electron chi connectivity index (χ4n) is 1.59. The molecule has 0 spiro atoms. The molecule has 1 aromatic carbocycles. The molecule has 0 aliphatic heterocycles. The highest BCUT2D eigenvalue weighted by atomic mass is 32.2. The van der Waals surface area contributed by atoms with Crippen LogP contribution in [0.15, 0.2) is 23.6 Å². The number of ether oxygens (including phenoxy) is 1. The Labute approximate surface area is 133 Å². The summed E-state index contributed by atoms with van der Waals surface area (Å²) in [7, 11) is 0. The molecule has 9 heteroatoms. The minimum atomic E-state index is -0.729. The summed E-state index contributed by atoms with van der Waals surface area (Å²) in [4.78, 5) is 26.0. The minimum absolute atomic E-state index is 0.00968. The van der Waals surface area contributed by atoms with E-state index in [1.54, 1.807) is 0 Å². The van der Waals surface area contributed by atoms with Gasteiger partial charge in [-0.1, -0.05) is 0 Å². The van der Waals surface area contributed by atoms with Crippen LogP contribution in [0.25, 0.3) is 0 Å². The molecule has 0 saturated heterocycles. The van der Waals surface area contributed by atoms with E-state index in [4.69, 9.17) is 4.74 Å². The Morgan fingerprint density at radius 2 is 2.32 bits per heavy atom. The monoisotopic (exact) mass is 342 g/mol. The molecule has 116 valence electrons. The first-order valence-electron chi connectivity index (χ1n) is 6.09. The number of rotatable bonds is 6. The van der Waals surface area contributed by atoms with Gasteiger partial charge in [-0.25, -0.2) is 9.37 Å². The quantitative estimate of drug-likeness (QED) is 0.346. The number of hydrogen-bond acceptors (Lipinski definition) is 7. The van der Waals surface area contributed by atoms with Crippen molar-refractivity contribution < 1.29 is 18.8 Å². The number of esters is 1. The molecule has 1 aromatic heterocycles. The number of nitro benzene ring substituents is 1. The van der Waals surface area contributed by atoms with Crippen molar-refractivity contribution in [3.8, 4) is 5.75 Å². The second kappa shape index (κ2) is 7.32. The lowest BCUT2D eigenvalue weighted by Crippen LogP contribution is -2.12. The molecule has 0 unspecified atom stereocenters. The first kappa shape index (κ1) is 16.4. The fourth-order valence-corrected chi connectivity index (χ4v) is 2.99. The first-order chi connectivity index (χ1) is 10.5. The van der Waals surface area contributed by atoms with Crippen molar-refractivity contribution >= 4 is 34.8 Å². The lowest BCUT2D eigenvalue weighted by Gasteiger charge is -2.04. The van der Waals surface area contributed by atoms with E-state index in [9.17, 15) is 19.3 Å². The highest BCUT2D eigenvalue weighted by Crippen LogP contribution is 2.28. The Hall–Kier alpha value is -2.00. The summed E-state index contributed by atoms with van der Waals surface area (Å²) < 4.78 is 18.0. The van der Waals surface area contributed by atoms with Gasteiger partial charge in [0.1, 0.15) is 5.82 Å². The van der Waals surface area contributed by atoms with Gasteiger partial charge in [0.2, 0.25) is 5.75 Å². The van der Waals surface area contributed by atoms with Crippen molar-refractivity contribution in [2.75, 3.05) is 5.75 Å². The third-order valence-electron chi connectivity index (χ3n) is 2.48. The molecule has 22 heavy (non-hydrogen) atoms. The number of aromatic nitrogens is 1. The summed E-state index contributed by atoms with van der Waals surface area (Å²) in [6, 6.07) is 2.72. The zero-order chi connectivity index (χ0) is 16.1. The zero-order valence-electron chi connectivity index (χ0n) is 11.4. The molecule has 0 bridgehead atoms. The summed E-state index contributed by atoms with van der Waals surface area (Å²) in [6.45, 7) is 1.89. The number of hydrogen-bond donors (Lipinski definition) is 0. The normalized spacial score (nSPS) is 10.5. The molecular formula is C13H11FN2O4S2. The number of aryl methyl sites for hydroxylation is 1. The second-order valence-corrected chi connectivity index (χ2v) is 6.24. The number of thioether (sulfide) groups is 1. The molecule has 1 heterocycles. The second-order valence-electron chi connectivity index (χ2n) is 4.19. The Bertz CT molecular complexity index is 705. The smallest absolute Gasteiger partial charge is 0.321 e. The van der Waals surface area contributed by atoms with Crippen LogP contribution in [0.3, 0.4) is 0 Å². The van der Waals surface area contributed by atoms with Gasteiger partial charge in [0, 0.05) is 23.3 Å². The van der Waals surface area contributed by atoms with Crippen molar-refractivity contribution in [1.29, 1.82) is 0 Å². The molecule has 0 aliphatic carbocycles. The Morgan fingerprint density at radius 1 is 1.55 bits per heavy atom. The number of halogens is 1. The average Bonchev–Trinajstić information content (AvgIpc) is 2.84. The number of thiazole rings is 1. The third-order valence-corrected chi connectivity index (χ3v) is 4.24. The van der Waals surface area contributed by atoms with Crippen LogP contribution < -0.4 is 4.74 Å². The van der Waals surface area contributed by atoms with Crippen molar-refractivity contribution in [1.82, 2.24) is 4.98 Å². The highest BCUT2D eigenvalue weighted by molar-refractivity contribution is 7.99. The largest absolute Gasteiger partial charge is 0.418 e. The number of nitro groups is 1. The van der Waals surface area contributed by atoms with Gasteiger partial charge in [-0.3, -0.25) is 14.9 Å². The summed E-state index contributed by atoms with van der Waals surface area (Å²) >= 11 is 2.79. The third kappa shape index (κ3) is 4.50. The molecule has 2 rings (SSSR count). The minimum Gasteiger partial charge on any atom is -0.418 e. The molecule has 0 N–H and O–H groups in total. The van der Waals surface area contributed by atoms with Gasteiger partial charge in [0.05, 0.1) is 21.4 Å². The molecule has 0 saturated carbocycles. The maximum atomic E-state index is 13.1. The molecule has 0 fully saturated rings. The van der Waals surface area contributed by atoms with Crippen LogP contribution in [0.5, 0.6) is 5.75 Å². The standard InChI is InChI=1S/C13H11FN2O4S2/c1-8-15-10(6-22-8)5-21-7-13(17)20-12-4-9(14)2-3-11(12)16(18)19/h2-4,6H,5,7H2,1H3. The van der Waals surface area contributed by atoms with E-state index in [0.29, 0.717) is 5.75 Å². The van der Waals surface area contributed by atoms with Gasteiger partial charge >= 0.3 is 11.7 Å². The van der Waals surface area contributed by atoms with Gasteiger partial charge in [0.25, 0.3) is 0 Å². The van der Waals surface area contributed by atoms with Gasteiger partial charge in [-0.15, -0.1) is 23.1 Å². The Kier molecular flexibility index (Phi) is 5.45. The van der Waals surface area contributed by atoms with E-state index < -0.39 is 22.4 Å². The molecule has 6 nitrogen and oxygen atoms in total. The molecule has 0 amide bonds. The molecule has 0 atom stereocenters. The summed E-state index contributed by atoms with van der Waals surface area (Å²) in [5, 5.41) is 13.6. The van der Waals surface area contributed by atoms with Crippen molar-refractivity contribution in [2.45, 2.75) is 12.7 Å². The van der Waals surface area contributed by atoms with E-state index in [0.717, 1.165) is 28.9 Å². The SMILES string of the molecule is Cc1nc(CSCC(=O)Oc2cc(F)ccc2[N+](=O)[O-])cs1. The van der Waals surface area contributed by atoms with E-state index >= 15 is 0 Å². The number of carbonyl (C=O) groups excluding carboxylic acids is 1. The topological polar surface area (TPSA) is 82.3 Å². The van der Waals surface area contributed by atoms with Crippen LogP contribution in [0.2, 0.25) is 0 Å². The van der Waals surface area contributed by atoms with Crippen LogP contribution >= 0.6 is 23.1 Å². The molecular weight excluding hydrogens is 331 g/mol. The van der Waals surface area contributed by atoms with Crippen molar-refractivity contribution in [3.63, 3.8) is 0 Å². The van der Waals surface area contributed by atoms with Crippen molar-refractivity contribution in [2.24, 2.45) is 0 Å². The van der Waals surface area contributed by atoms with Crippen LogP contribution in [-0.4, -0.2) is 21.6 Å². The van der Waals surface area contributed by atoms with Gasteiger partial charge < -0.3 is 4.74 Å². The average molecular weight is 342 g/mol. The van der Waals surface area contributed by atoms with E-state index in [-0.39, 0.29) is 11.5 Å². The van der Waals surface area contributed by atoms with E-state index in [1.807, 2.05) is 12.3 Å². The first-order valence-corrected chi connectivity index (χ1v) is 8.12. The predicted molar refractivity (Wildman–Crippen MR) is 81.7 cm³/mol. The van der Waals surface area contributed by atoms with E-state index in [2.05, 4.69) is 4.98 Å². The summed E-state index contributed by atoms with van der Waals surface area (Å²) in [6.07, 6.45) is 0. The van der Waals surface area contributed by atoms with Crippen molar-refractivity contribution in [3.05, 3.63) is 50.2 Å². The molecule has 0 radical (unpaired) electrons. The molecule has 0 aliphatic rings. The maximum absolute atomic E-state index is 13.1. The lowest BCUT2D eigenvalue weighted by molar-refractivity contribution is -0.385. The summed E-state index contributed by atoms with van der Waals surface area (Å²) in [5.74, 6) is -1.25.